The van der Waals surface area contributed by atoms with Crippen LogP contribution in [0.1, 0.15) is 54.1 Å². The Hall–Kier alpha value is -2.91. The summed E-state index contributed by atoms with van der Waals surface area (Å²) < 4.78 is 50.1. The summed E-state index contributed by atoms with van der Waals surface area (Å²) >= 11 is 1.38. The molecule has 0 saturated carbocycles. The Labute approximate surface area is 206 Å². The van der Waals surface area contributed by atoms with Gasteiger partial charge >= 0.3 is 12.1 Å². The van der Waals surface area contributed by atoms with E-state index >= 15 is 0 Å². The summed E-state index contributed by atoms with van der Waals surface area (Å²) in [6.07, 6.45) is -4.64. The monoisotopic (exact) mass is 507 g/mol. The van der Waals surface area contributed by atoms with E-state index in [4.69, 9.17) is 9.47 Å². The minimum atomic E-state index is -4.38. The van der Waals surface area contributed by atoms with Crippen LogP contribution >= 0.6 is 11.3 Å². The fraction of sp³-hybridized carbons (Fsp3) is 0.385. The molecular formula is C26H28F3NO4S. The number of aryl methyl sites for hydroxylation is 2. The van der Waals surface area contributed by atoms with E-state index in [2.05, 4.69) is 4.98 Å². The molecule has 0 spiro atoms. The third-order valence-electron chi connectivity index (χ3n) is 5.58. The molecule has 0 saturated heterocycles. The highest BCUT2D eigenvalue weighted by molar-refractivity contribution is 7.15. The average molecular weight is 508 g/mol. The lowest BCUT2D eigenvalue weighted by Gasteiger charge is -2.18. The van der Waals surface area contributed by atoms with Crippen LogP contribution in [0, 0.1) is 6.92 Å². The maximum atomic E-state index is 12.9. The van der Waals surface area contributed by atoms with Crippen LogP contribution in [0.3, 0.4) is 0 Å². The second-order valence-electron chi connectivity index (χ2n) is 8.07. The molecule has 0 aliphatic carbocycles. The van der Waals surface area contributed by atoms with Crippen LogP contribution < -0.4 is 4.74 Å². The normalized spacial score (nSPS) is 13.5. The molecule has 2 aromatic carbocycles. The molecule has 1 N–H and O–H groups in total. The summed E-state index contributed by atoms with van der Waals surface area (Å²) in [5.41, 5.74) is 2.55. The Balaban J connectivity index is 1.77. The van der Waals surface area contributed by atoms with Gasteiger partial charge in [0.05, 0.1) is 16.1 Å². The molecule has 0 aliphatic rings. The van der Waals surface area contributed by atoms with E-state index in [0.717, 1.165) is 33.8 Å². The second kappa shape index (κ2) is 11.2. The molecule has 0 amide bonds. The molecule has 0 fully saturated rings. The predicted octanol–water partition coefficient (Wildman–Crippen LogP) is 6.87. The van der Waals surface area contributed by atoms with E-state index in [9.17, 15) is 23.1 Å². The Morgan fingerprint density at radius 3 is 2.37 bits per heavy atom. The number of aliphatic carboxylic acids is 1. The smallest absolute Gasteiger partial charge is 0.416 e. The molecular weight excluding hydrogens is 479 g/mol. The van der Waals surface area contributed by atoms with Crippen LogP contribution in [0.15, 0.2) is 42.5 Å². The molecule has 3 aromatic rings. The summed E-state index contributed by atoms with van der Waals surface area (Å²) in [4.78, 5) is 16.9. The first-order valence-electron chi connectivity index (χ1n) is 11.3. The lowest BCUT2D eigenvalue weighted by molar-refractivity contribution is -0.150. The number of ether oxygens (including phenoxy) is 2. The van der Waals surface area contributed by atoms with Crippen molar-refractivity contribution < 1.29 is 32.5 Å². The molecule has 1 heterocycles. The average Bonchev–Trinajstić information content (AvgIpc) is 3.20. The number of alkyl halides is 3. The molecule has 5 nitrogen and oxygen atoms in total. The van der Waals surface area contributed by atoms with Gasteiger partial charge in [-0.1, -0.05) is 25.1 Å². The van der Waals surface area contributed by atoms with Crippen LogP contribution in [0.2, 0.25) is 0 Å². The number of rotatable bonds is 10. The molecule has 188 valence electrons. The van der Waals surface area contributed by atoms with Crippen LogP contribution in [-0.2, 0) is 28.5 Å². The van der Waals surface area contributed by atoms with Crippen molar-refractivity contribution in [2.24, 2.45) is 0 Å². The number of benzene rings is 2. The number of hydrogen-bond acceptors (Lipinski definition) is 5. The highest BCUT2D eigenvalue weighted by Crippen LogP contribution is 2.36. The van der Waals surface area contributed by atoms with E-state index in [-0.39, 0.29) is 12.5 Å². The van der Waals surface area contributed by atoms with Crippen LogP contribution in [0.25, 0.3) is 10.6 Å². The van der Waals surface area contributed by atoms with Crippen LogP contribution in [0.5, 0.6) is 5.75 Å². The number of carboxylic acids is 1. The number of thiazole rings is 1. The third kappa shape index (κ3) is 6.61. The third-order valence-corrected chi connectivity index (χ3v) is 6.95. The van der Waals surface area contributed by atoms with Crippen molar-refractivity contribution in [2.45, 2.75) is 58.9 Å². The molecule has 2 atom stereocenters. The van der Waals surface area contributed by atoms with E-state index in [0.29, 0.717) is 29.3 Å². The summed E-state index contributed by atoms with van der Waals surface area (Å²) in [6.45, 7) is 7.82. The van der Waals surface area contributed by atoms with Gasteiger partial charge in [-0.2, -0.15) is 13.2 Å². The first kappa shape index (κ1) is 26.7. The standard InChI is InChI=1S/C26H28F3NO4S/c1-5-17-13-21(12-9-19(17)14-22(25(31)32)33-6-2)34-16(4)23-15(3)30-24(35-23)18-7-10-20(11-8-18)26(27,28)29/h7-13,16,22H,5-6,14H2,1-4H3,(H,31,32)/t16?,22-/m0/s1. The van der Waals surface area contributed by atoms with Gasteiger partial charge in [-0.25, -0.2) is 9.78 Å². The van der Waals surface area contributed by atoms with E-state index in [1.54, 1.807) is 6.92 Å². The van der Waals surface area contributed by atoms with Crippen molar-refractivity contribution in [1.82, 2.24) is 4.98 Å². The molecule has 1 unspecified atom stereocenters. The zero-order chi connectivity index (χ0) is 25.8. The van der Waals surface area contributed by atoms with Gasteiger partial charge in [0.15, 0.2) is 6.10 Å². The first-order chi connectivity index (χ1) is 16.5. The molecule has 1 aromatic heterocycles. The predicted molar refractivity (Wildman–Crippen MR) is 129 cm³/mol. The number of carbonyl (C=O) groups is 1. The fourth-order valence-corrected chi connectivity index (χ4v) is 4.84. The molecule has 35 heavy (non-hydrogen) atoms. The summed E-state index contributed by atoms with van der Waals surface area (Å²) in [5.74, 6) is -0.349. The number of aromatic nitrogens is 1. The largest absolute Gasteiger partial charge is 0.485 e. The van der Waals surface area contributed by atoms with Gasteiger partial charge < -0.3 is 14.6 Å². The van der Waals surface area contributed by atoms with Crippen molar-refractivity contribution in [3.05, 3.63) is 69.7 Å². The van der Waals surface area contributed by atoms with Gasteiger partial charge in [-0.15, -0.1) is 11.3 Å². The minimum Gasteiger partial charge on any atom is -0.485 e. The zero-order valence-corrected chi connectivity index (χ0v) is 20.8. The van der Waals surface area contributed by atoms with Crippen LogP contribution in [-0.4, -0.2) is 28.8 Å². The van der Waals surface area contributed by atoms with Gasteiger partial charge in [0.25, 0.3) is 0 Å². The maximum absolute atomic E-state index is 12.9. The number of nitrogens with zero attached hydrogens (tertiary/aromatic N) is 1. The van der Waals surface area contributed by atoms with Crippen molar-refractivity contribution in [2.75, 3.05) is 6.61 Å². The molecule has 0 bridgehead atoms. The summed E-state index contributed by atoms with van der Waals surface area (Å²) in [6, 6.07) is 10.5. The lowest BCUT2D eigenvalue weighted by Crippen LogP contribution is -2.26. The SMILES string of the molecule is CCO[C@@H](Cc1ccc(OC(C)c2sc(-c3ccc(C(F)(F)F)cc3)nc2C)cc1CC)C(=O)O. The van der Waals surface area contributed by atoms with E-state index in [1.807, 2.05) is 39.0 Å². The zero-order valence-electron chi connectivity index (χ0n) is 20.0. The topological polar surface area (TPSA) is 68.7 Å². The summed E-state index contributed by atoms with van der Waals surface area (Å²) in [5, 5.41) is 10.0. The van der Waals surface area contributed by atoms with Crippen molar-refractivity contribution in [3.63, 3.8) is 0 Å². The highest BCUT2D eigenvalue weighted by atomic mass is 32.1. The van der Waals surface area contributed by atoms with Gasteiger partial charge in [0.1, 0.15) is 16.9 Å². The van der Waals surface area contributed by atoms with Gasteiger partial charge in [0.2, 0.25) is 0 Å². The lowest BCUT2D eigenvalue weighted by atomic mass is 9.99. The Morgan fingerprint density at radius 2 is 1.80 bits per heavy atom. The van der Waals surface area contributed by atoms with Crippen molar-refractivity contribution >= 4 is 17.3 Å². The number of halogens is 3. The maximum Gasteiger partial charge on any atom is 0.416 e. The molecule has 0 aliphatic heterocycles. The Kier molecular flexibility index (Phi) is 8.56. The Morgan fingerprint density at radius 1 is 1.11 bits per heavy atom. The van der Waals surface area contributed by atoms with Gasteiger partial charge in [-0.3, -0.25) is 0 Å². The van der Waals surface area contributed by atoms with Gasteiger partial charge in [0, 0.05) is 18.6 Å². The van der Waals surface area contributed by atoms with E-state index < -0.39 is 23.8 Å². The fourth-order valence-electron chi connectivity index (χ4n) is 3.79. The molecule has 3 rings (SSSR count). The van der Waals surface area contributed by atoms with Crippen molar-refractivity contribution in [1.29, 1.82) is 0 Å². The number of hydrogen-bond donors (Lipinski definition) is 1. The first-order valence-corrected chi connectivity index (χ1v) is 12.1. The van der Waals surface area contributed by atoms with Gasteiger partial charge in [-0.05, 0) is 62.6 Å². The van der Waals surface area contributed by atoms with Crippen molar-refractivity contribution in [3.8, 4) is 16.3 Å². The quantitative estimate of drug-likeness (QED) is 0.324. The molecule has 0 radical (unpaired) electrons. The molecule has 9 heteroatoms. The highest BCUT2D eigenvalue weighted by Gasteiger charge is 2.30. The van der Waals surface area contributed by atoms with E-state index in [1.165, 1.54) is 23.5 Å². The Bertz CT molecular complexity index is 1160. The van der Waals surface area contributed by atoms with Crippen LogP contribution in [0.4, 0.5) is 13.2 Å². The second-order valence-corrected chi connectivity index (χ2v) is 9.10. The summed E-state index contributed by atoms with van der Waals surface area (Å²) in [7, 11) is 0. The minimum absolute atomic E-state index is 0.270. The number of carboxylic acid groups (broad SMARTS) is 1.